The zero-order valence-corrected chi connectivity index (χ0v) is 10.0. The first kappa shape index (κ1) is 14.4. The predicted octanol–water partition coefficient (Wildman–Crippen LogP) is 1.66. The Bertz CT molecular complexity index is 207. The number of hydrogen-bond donors (Lipinski definition) is 0. The highest BCUT2D eigenvalue weighted by Gasteiger charge is 2.04. The highest BCUT2D eigenvalue weighted by molar-refractivity contribution is 6.28. The lowest BCUT2D eigenvalue weighted by atomic mass is 10.2. The van der Waals surface area contributed by atoms with Gasteiger partial charge in [0.25, 0.3) is 0 Å². The molecule has 0 unspecified atom stereocenters. The van der Waals surface area contributed by atoms with Crippen LogP contribution in [0.2, 0.25) is 0 Å². The van der Waals surface area contributed by atoms with Crippen molar-refractivity contribution in [3.05, 3.63) is 0 Å². The second-order valence-corrected chi connectivity index (χ2v) is 3.15. The van der Waals surface area contributed by atoms with Crippen molar-refractivity contribution in [1.82, 2.24) is 0 Å². The predicted molar refractivity (Wildman–Crippen MR) is 60.8 cm³/mol. The molecule has 5 heteroatoms. The summed E-state index contributed by atoms with van der Waals surface area (Å²) in [5.41, 5.74) is 0.821. The van der Waals surface area contributed by atoms with Crippen LogP contribution in [0, 0.1) is 0 Å². The highest BCUT2D eigenvalue weighted by atomic mass is 35.5. The number of alkyl halides is 1. The molecule has 0 aromatic carbocycles. The van der Waals surface area contributed by atoms with Gasteiger partial charge < -0.3 is 9.47 Å². The van der Waals surface area contributed by atoms with Crippen molar-refractivity contribution >= 4 is 23.3 Å². The molecule has 0 atom stereocenters. The molecule has 0 bridgehead atoms. The van der Waals surface area contributed by atoms with Gasteiger partial charge in [-0.1, -0.05) is 0 Å². The van der Waals surface area contributed by atoms with E-state index in [1.54, 1.807) is 14.0 Å². The topological polar surface area (TPSA) is 47.9 Å². The van der Waals surface area contributed by atoms with Gasteiger partial charge >= 0.3 is 5.97 Å². The first-order valence-electron chi connectivity index (χ1n) is 4.97. The summed E-state index contributed by atoms with van der Waals surface area (Å²) < 4.78 is 9.66. The fourth-order valence-corrected chi connectivity index (χ4v) is 1.18. The quantitative estimate of drug-likeness (QED) is 0.278. The summed E-state index contributed by atoms with van der Waals surface area (Å²) >= 11 is 5.68. The standard InChI is InChI=1S/C10H18ClNO3/c1-3-15-10(13)5-4-9(8-11)12-6-7-14-2/h3-8H2,1-2H3. The van der Waals surface area contributed by atoms with Crippen LogP contribution in [-0.4, -0.2) is 44.4 Å². The number of esters is 1. The molecule has 0 saturated heterocycles. The largest absolute Gasteiger partial charge is 0.466 e. The van der Waals surface area contributed by atoms with Gasteiger partial charge in [0.1, 0.15) is 0 Å². The molecular formula is C10H18ClNO3. The number of halogens is 1. The third-order valence-electron chi connectivity index (χ3n) is 1.71. The Morgan fingerprint density at radius 2 is 2.13 bits per heavy atom. The van der Waals surface area contributed by atoms with E-state index >= 15 is 0 Å². The number of hydrogen-bond acceptors (Lipinski definition) is 4. The maximum absolute atomic E-state index is 11.0. The van der Waals surface area contributed by atoms with Crippen molar-refractivity contribution in [2.24, 2.45) is 4.99 Å². The molecule has 88 valence electrons. The van der Waals surface area contributed by atoms with Gasteiger partial charge in [0, 0.05) is 12.8 Å². The SMILES string of the molecule is CCOC(=O)CCC(CCl)=NCCOC. The summed E-state index contributed by atoms with van der Waals surface area (Å²) in [4.78, 5) is 15.3. The van der Waals surface area contributed by atoms with Crippen LogP contribution in [0.1, 0.15) is 19.8 Å². The monoisotopic (exact) mass is 235 g/mol. The Morgan fingerprint density at radius 3 is 2.67 bits per heavy atom. The van der Waals surface area contributed by atoms with Gasteiger partial charge in [-0.3, -0.25) is 9.79 Å². The molecular weight excluding hydrogens is 218 g/mol. The molecule has 0 radical (unpaired) electrons. The van der Waals surface area contributed by atoms with Gasteiger partial charge in [0.2, 0.25) is 0 Å². The first-order chi connectivity index (χ1) is 7.24. The zero-order chi connectivity index (χ0) is 11.5. The summed E-state index contributed by atoms with van der Waals surface area (Å²) in [6.45, 7) is 3.35. The molecule has 0 spiro atoms. The fourth-order valence-electron chi connectivity index (χ4n) is 0.963. The molecule has 4 nitrogen and oxygen atoms in total. The van der Waals surface area contributed by atoms with E-state index in [2.05, 4.69) is 4.99 Å². The normalized spacial score (nSPS) is 11.5. The van der Waals surface area contributed by atoms with E-state index in [1.165, 1.54) is 0 Å². The lowest BCUT2D eigenvalue weighted by Gasteiger charge is -2.03. The Hall–Kier alpha value is -0.610. The van der Waals surface area contributed by atoms with Gasteiger partial charge in [-0.2, -0.15) is 0 Å². The van der Waals surface area contributed by atoms with E-state index in [0.717, 1.165) is 5.71 Å². The molecule has 0 N–H and O–H groups in total. The third-order valence-corrected chi connectivity index (χ3v) is 2.02. The number of carbonyl (C=O) groups excluding carboxylic acids is 1. The number of aliphatic imine (C=N–C) groups is 1. The van der Waals surface area contributed by atoms with Gasteiger partial charge in [0.15, 0.2) is 0 Å². The average molecular weight is 236 g/mol. The molecule has 0 aromatic rings. The van der Waals surface area contributed by atoms with Gasteiger partial charge in [-0.15, -0.1) is 11.6 Å². The van der Waals surface area contributed by atoms with E-state index < -0.39 is 0 Å². The van der Waals surface area contributed by atoms with Crippen LogP contribution < -0.4 is 0 Å². The molecule has 0 rings (SSSR count). The van der Waals surface area contributed by atoms with Gasteiger partial charge in [-0.05, 0) is 13.3 Å². The first-order valence-corrected chi connectivity index (χ1v) is 5.50. The lowest BCUT2D eigenvalue weighted by molar-refractivity contribution is -0.142. The minimum atomic E-state index is -0.206. The molecule has 15 heavy (non-hydrogen) atoms. The van der Waals surface area contributed by atoms with Gasteiger partial charge in [0.05, 0.1) is 32.1 Å². The smallest absolute Gasteiger partial charge is 0.306 e. The molecule has 0 saturated carbocycles. The average Bonchev–Trinajstić information content (AvgIpc) is 2.23. The fraction of sp³-hybridized carbons (Fsp3) is 0.800. The van der Waals surface area contributed by atoms with Crippen LogP contribution in [-0.2, 0) is 14.3 Å². The summed E-state index contributed by atoms with van der Waals surface area (Å²) in [5, 5.41) is 0. The Balaban J connectivity index is 3.78. The second-order valence-electron chi connectivity index (χ2n) is 2.88. The maximum atomic E-state index is 11.0. The number of rotatable bonds is 8. The number of nitrogens with zero attached hydrogens (tertiary/aromatic N) is 1. The Morgan fingerprint density at radius 1 is 1.40 bits per heavy atom. The minimum absolute atomic E-state index is 0.206. The minimum Gasteiger partial charge on any atom is -0.466 e. The molecule has 0 aromatic heterocycles. The second kappa shape index (κ2) is 9.93. The number of ether oxygens (including phenoxy) is 2. The zero-order valence-electron chi connectivity index (χ0n) is 9.29. The maximum Gasteiger partial charge on any atom is 0.306 e. The van der Waals surface area contributed by atoms with Crippen molar-refractivity contribution in [2.75, 3.05) is 32.7 Å². The van der Waals surface area contributed by atoms with Crippen LogP contribution in [0.3, 0.4) is 0 Å². The number of methoxy groups -OCH3 is 1. The van der Waals surface area contributed by atoms with Crippen LogP contribution in [0.25, 0.3) is 0 Å². The molecule has 0 amide bonds. The lowest BCUT2D eigenvalue weighted by Crippen LogP contribution is -2.10. The summed E-state index contributed by atoms with van der Waals surface area (Å²) in [7, 11) is 1.62. The van der Waals surface area contributed by atoms with Crippen LogP contribution in [0.5, 0.6) is 0 Å². The van der Waals surface area contributed by atoms with Crippen LogP contribution in [0.4, 0.5) is 0 Å². The van der Waals surface area contributed by atoms with Crippen LogP contribution >= 0.6 is 11.6 Å². The van der Waals surface area contributed by atoms with E-state index in [0.29, 0.717) is 38.5 Å². The highest BCUT2D eigenvalue weighted by Crippen LogP contribution is 1.99. The summed E-state index contributed by atoms with van der Waals surface area (Å²) in [5.74, 6) is 0.144. The third kappa shape index (κ3) is 8.39. The van der Waals surface area contributed by atoms with Gasteiger partial charge in [-0.25, -0.2) is 0 Å². The number of carbonyl (C=O) groups is 1. The van der Waals surface area contributed by atoms with Crippen molar-refractivity contribution in [1.29, 1.82) is 0 Å². The van der Waals surface area contributed by atoms with Crippen LogP contribution in [0.15, 0.2) is 4.99 Å². The molecule has 0 heterocycles. The molecule has 0 aliphatic carbocycles. The molecule has 0 fully saturated rings. The summed E-state index contributed by atoms with van der Waals surface area (Å²) in [6.07, 6.45) is 0.901. The van der Waals surface area contributed by atoms with Crippen molar-refractivity contribution < 1.29 is 14.3 Å². The molecule has 0 aliphatic heterocycles. The van der Waals surface area contributed by atoms with Crippen molar-refractivity contribution in [2.45, 2.75) is 19.8 Å². The van der Waals surface area contributed by atoms with E-state index in [9.17, 15) is 4.79 Å². The van der Waals surface area contributed by atoms with Crippen molar-refractivity contribution in [3.8, 4) is 0 Å². The summed E-state index contributed by atoms with van der Waals surface area (Å²) in [6, 6.07) is 0. The van der Waals surface area contributed by atoms with E-state index in [-0.39, 0.29) is 5.97 Å². The Labute approximate surface area is 95.6 Å². The Kier molecular flexibility index (Phi) is 9.52. The van der Waals surface area contributed by atoms with Crippen molar-refractivity contribution in [3.63, 3.8) is 0 Å². The van der Waals surface area contributed by atoms with E-state index in [1.807, 2.05) is 0 Å². The van der Waals surface area contributed by atoms with E-state index in [4.69, 9.17) is 21.1 Å². The molecule has 0 aliphatic rings.